The Labute approximate surface area is 151 Å². The second kappa shape index (κ2) is 7.49. The van der Waals surface area contributed by atoms with E-state index in [2.05, 4.69) is 56.8 Å². The fourth-order valence-electron chi connectivity index (χ4n) is 2.61. The molecule has 0 fully saturated rings. The summed E-state index contributed by atoms with van der Waals surface area (Å²) in [4.78, 5) is 0. The second-order valence-electron chi connectivity index (χ2n) is 5.91. The van der Waals surface area contributed by atoms with E-state index in [1.807, 2.05) is 60.7 Å². The molecule has 0 atom stereocenters. The van der Waals surface area contributed by atoms with Crippen LogP contribution in [0.25, 0.3) is 35.7 Å². The zero-order chi connectivity index (χ0) is 17.6. The lowest BCUT2D eigenvalue weighted by molar-refractivity contribution is 1.05. The first kappa shape index (κ1) is 15.8. The molecule has 2 aromatic heterocycles. The number of rotatable bonds is 5. The van der Waals surface area contributed by atoms with Gasteiger partial charge in [-0.05, 0) is 35.4 Å². The summed E-state index contributed by atoms with van der Waals surface area (Å²) < 4.78 is 0. The van der Waals surface area contributed by atoms with Crippen LogP contribution >= 0.6 is 0 Å². The Morgan fingerprint density at radius 3 is 1.38 bits per heavy atom. The molecule has 2 N–H and O–H groups in total. The molecule has 2 heterocycles. The Hall–Kier alpha value is -3.66. The Morgan fingerprint density at radius 2 is 0.962 bits per heavy atom. The minimum atomic E-state index is 0.813. The minimum absolute atomic E-state index is 0.813. The van der Waals surface area contributed by atoms with Gasteiger partial charge in [0.1, 0.15) is 11.4 Å². The molecule has 0 aliphatic heterocycles. The summed E-state index contributed by atoms with van der Waals surface area (Å²) in [6.07, 6.45) is 8.12. The number of aromatic nitrogens is 4. The highest BCUT2D eigenvalue weighted by atomic mass is 15.2. The third-order valence-corrected chi connectivity index (χ3v) is 3.97. The SMILES string of the molecule is C(=C/c1cc(-c2cc(/C=C/c3ccccc3)[nH]n2)n[nH]1)/c1ccccc1. The Balaban J connectivity index is 1.47. The van der Waals surface area contributed by atoms with Crippen molar-refractivity contribution in [3.8, 4) is 11.4 Å². The normalized spacial score (nSPS) is 11.5. The van der Waals surface area contributed by atoms with E-state index >= 15 is 0 Å². The van der Waals surface area contributed by atoms with Gasteiger partial charge in [-0.1, -0.05) is 72.8 Å². The lowest BCUT2D eigenvalue weighted by Gasteiger charge is -1.89. The fraction of sp³-hybridized carbons (Fsp3) is 0. The van der Waals surface area contributed by atoms with Gasteiger partial charge < -0.3 is 0 Å². The molecular formula is C22H18N4. The second-order valence-corrected chi connectivity index (χ2v) is 5.91. The topological polar surface area (TPSA) is 57.4 Å². The monoisotopic (exact) mass is 338 g/mol. The van der Waals surface area contributed by atoms with Crippen LogP contribution in [0.4, 0.5) is 0 Å². The standard InChI is InChI=1S/C22H18N4/c1-3-7-17(8-4-1)11-13-19-15-21(25-23-19)22-16-20(24-26-22)14-12-18-9-5-2-6-10-18/h1-16H,(H,23,25)(H,24,26)/b13-11-,14-12+. The van der Waals surface area contributed by atoms with Gasteiger partial charge in [0.05, 0.1) is 11.4 Å². The van der Waals surface area contributed by atoms with Crippen LogP contribution in [-0.4, -0.2) is 20.4 Å². The summed E-state index contributed by atoms with van der Waals surface area (Å²) in [6, 6.07) is 24.3. The maximum absolute atomic E-state index is 4.35. The van der Waals surface area contributed by atoms with E-state index in [0.717, 1.165) is 33.9 Å². The van der Waals surface area contributed by atoms with Gasteiger partial charge >= 0.3 is 0 Å². The molecule has 2 aromatic carbocycles. The summed E-state index contributed by atoms with van der Waals surface area (Å²) in [5.74, 6) is 0. The molecule has 0 spiro atoms. The summed E-state index contributed by atoms with van der Waals surface area (Å²) in [6.45, 7) is 0. The van der Waals surface area contributed by atoms with Crippen molar-refractivity contribution in [3.63, 3.8) is 0 Å². The van der Waals surface area contributed by atoms with Crippen LogP contribution < -0.4 is 0 Å². The summed E-state index contributed by atoms with van der Waals surface area (Å²) in [7, 11) is 0. The molecule has 0 saturated carbocycles. The van der Waals surface area contributed by atoms with Crippen molar-refractivity contribution in [1.82, 2.24) is 20.4 Å². The molecule has 4 rings (SSSR count). The number of nitrogens with zero attached hydrogens (tertiary/aromatic N) is 2. The lowest BCUT2D eigenvalue weighted by Crippen LogP contribution is -1.76. The Bertz CT molecular complexity index is 938. The summed E-state index contributed by atoms with van der Waals surface area (Å²) in [5, 5.41) is 14.8. The highest BCUT2D eigenvalue weighted by Gasteiger charge is 2.06. The van der Waals surface area contributed by atoms with Crippen LogP contribution in [0.2, 0.25) is 0 Å². The number of aromatic amines is 2. The number of hydrogen-bond acceptors (Lipinski definition) is 2. The molecule has 0 aliphatic rings. The van der Waals surface area contributed by atoms with E-state index in [9.17, 15) is 0 Å². The molecule has 126 valence electrons. The molecule has 4 aromatic rings. The molecule has 26 heavy (non-hydrogen) atoms. The molecule has 4 heteroatoms. The van der Waals surface area contributed by atoms with E-state index in [-0.39, 0.29) is 0 Å². The van der Waals surface area contributed by atoms with Crippen molar-refractivity contribution >= 4 is 24.3 Å². The van der Waals surface area contributed by atoms with Gasteiger partial charge in [-0.2, -0.15) is 10.2 Å². The van der Waals surface area contributed by atoms with Gasteiger partial charge in [0, 0.05) is 0 Å². The quantitative estimate of drug-likeness (QED) is 0.529. The fourth-order valence-corrected chi connectivity index (χ4v) is 2.61. The number of H-pyrrole nitrogens is 2. The largest absolute Gasteiger partial charge is 0.278 e. The zero-order valence-electron chi connectivity index (χ0n) is 14.1. The highest BCUT2D eigenvalue weighted by Crippen LogP contribution is 2.18. The van der Waals surface area contributed by atoms with Gasteiger partial charge in [0.15, 0.2) is 0 Å². The van der Waals surface area contributed by atoms with E-state index in [1.54, 1.807) is 0 Å². The summed E-state index contributed by atoms with van der Waals surface area (Å²) in [5.41, 5.74) is 5.80. The van der Waals surface area contributed by atoms with Gasteiger partial charge in [-0.25, -0.2) is 0 Å². The Morgan fingerprint density at radius 1 is 0.538 bits per heavy atom. The number of hydrogen-bond donors (Lipinski definition) is 2. The smallest absolute Gasteiger partial charge is 0.113 e. The maximum atomic E-state index is 4.35. The van der Waals surface area contributed by atoms with Crippen LogP contribution in [0.3, 0.4) is 0 Å². The van der Waals surface area contributed by atoms with Gasteiger partial charge in [-0.3, -0.25) is 10.2 Å². The molecule has 0 unspecified atom stereocenters. The molecule has 0 aliphatic carbocycles. The van der Waals surface area contributed by atoms with E-state index in [4.69, 9.17) is 0 Å². The first-order valence-corrected chi connectivity index (χ1v) is 8.44. The predicted molar refractivity (Wildman–Crippen MR) is 107 cm³/mol. The maximum Gasteiger partial charge on any atom is 0.113 e. The van der Waals surface area contributed by atoms with Gasteiger partial charge in [0.25, 0.3) is 0 Å². The third-order valence-electron chi connectivity index (χ3n) is 3.97. The first-order chi connectivity index (χ1) is 12.9. The highest BCUT2D eigenvalue weighted by molar-refractivity contribution is 5.72. The number of benzene rings is 2. The third kappa shape index (κ3) is 3.87. The van der Waals surface area contributed by atoms with Crippen molar-refractivity contribution in [2.24, 2.45) is 0 Å². The van der Waals surface area contributed by atoms with Crippen LogP contribution in [0.15, 0.2) is 72.8 Å². The minimum Gasteiger partial charge on any atom is -0.278 e. The molecular weight excluding hydrogens is 320 g/mol. The van der Waals surface area contributed by atoms with Crippen LogP contribution in [0.5, 0.6) is 0 Å². The average Bonchev–Trinajstić information content (AvgIpc) is 3.36. The van der Waals surface area contributed by atoms with Crippen molar-refractivity contribution in [1.29, 1.82) is 0 Å². The van der Waals surface area contributed by atoms with E-state index in [0.29, 0.717) is 0 Å². The van der Waals surface area contributed by atoms with Crippen molar-refractivity contribution in [2.75, 3.05) is 0 Å². The molecule has 4 nitrogen and oxygen atoms in total. The van der Waals surface area contributed by atoms with Crippen LogP contribution in [0, 0.1) is 0 Å². The molecule has 0 bridgehead atoms. The van der Waals surface area contributed by atoms with Gasteiger partial charge in [0.2, 0.25) is 0 Å². The molecule has 0 radical (unpaired) electrons. The average molecular weight is 338 g/mol. The van der Waals surface area contributed by atoms with Crippen molar-refractivity contribution in [2.45, 2.75) is 0 Å². The predicted octanol–water partition coefficient (Wildman–Crippen LogP) is 5.14. The van der Waals surface area contributed by atoms with Crippen LogP contribution in [-0.2, 0) is 0 Å². The van der Waals surface area contributed by atoms with E-state index < -0.39 is 0 Å². The van der Waals surface area contributed by atoms with Crippen molar-refractivity contribution in [3.05, 3.63) is 95.3 Å². The zero-order valence-corrected chi connectivity index (χ0v) is 14.1. The van der Waals surface area contributed by atoms with Crippen molar-refractivity contribution < 1.29 is 0 Å². The van der Waals surface area contributed by atoms with Gasteiger partial charge in [-0.15, -0.1) is 0 Å². The summed E-state index contributed by atoms with van der Waals surface area (Å²) >= 11 is 0. The van der Waals surface area contributed by atoms with E-state index in [1.165, 1.54) is 0 Å². The number of nitrogens with one attached hydrogen (secondary N) is 2. The molecule has 0 saturated heterocycles. The Kier molecular flexibility index (Phi) is 4.56. The first-order valence-electron chi connectivity index (χ1n) is 8.44. The lowest BCUT2D eigenvalue weighted by atomic mass is 10.2. The molecule has 0 amide bonds. The van der Waals surface area contributed by atoms with Crippen LogP contribution in [0.1, 0.15) is 22.5 Å².